The van der Waals surface area contributed by atoms with Gasteiger partial charge in [-0.2, -0.15) is 30.7 Å². The summed E-state index contributed by atoms with van der Waals surface area (Å²) in [6, 6.07) is 16.0. The Kier molecular flexibility index (Phi) is 6.32. The molecule has 1 aromatic heterocycles. The molecule has 0 spiro atoms. The van der Waals surface area contributed by atoms with Gasteiger partial charge < -0.3 is 9.80 Å². The van der Waals surface area contributed by atoms with E-state index in [0.29, 0.717) is 33.0 Å². The lowest BCUT2D eigenvalue weighted by molar-refractivity contribution is -0.345. The number of alkyl halides is 7. The topological polar surface area (TPSA) is 49.3 Å². The highest BCUT2D eigenvalue weighted by atomic mass is 19.4. The number of para-hydroxylation sites is 2. The monoisotopic (exact) mass is 500 g/mol. The number of aromatic nitrogens is 2. The van der Waals surface area contributed by atoms with Crippen LogP contribution in [0, 0.1) is 0 Å². The first kappa shape index (κ1) is 24.7. The molecule has 0 unspecified atom stereocenters. The zero-order valence-corrected chi connectivity index (χ0v) is 18.1. The Labute approximate surface area is 195 Å². The molecular weight excluding hydrogens is 481 g/mol. The van der Waals surface area contributed by atoms with Crippen molar-refractivity contribution < 1.29 is 35.5 Å². The van der Waals surface area contributed by atoms with E-state index in [1.165, 1.54) is 0 Å². The van der Waals surface area contributed by atoms with Gasteiger partial charge in [-0.3, -0.25) is 4.79 Å². The van der Waals surface area contributed by atoms with E-state index in [1.807, 2.05) is 6.07 Å². The SMILES string of the molecule is O=C(N1CCCN(c2nc3ccccc3nc2-c2ccccc2)CC1)C(F)(F)C(F)(F)C(F)(F)F. The molecule has 0 saturated carbocycles. The van der Waals surface area contributed by atoms with Gasteiger partial charge >= 0.3 is 18.0 Å². The number of anilines is 1. The zero-order chi connectivity index (χ0) is 25.4. The second-order valence-electron chi connectivity index (χ2n) is 8.03. The Morgan fingerprint density at radius 2 is 1.34 bits per heavy atom. The van der Waals surface area contributed by atoms with Crippen LogP contribution in [0.1, 0.15) is 6.42 Å². The molecule has 5 nitrogen and oxygen atoms in total. The third kappa shape index (κ3) is 4.48. The van der Waals surface area contributed by atoms with Gasteiger partial charge in [-0.25, -0.2) is 9.97 Å². The fraction of sp³-hybridized carbons (Fsp3) is 0.348. The number of carbonyl (C=O) groups excluding carboxylic acids is 1. The largest absolute Gasteiger partial charge is 0.460 e. The lowest BCUT2D eigenvalue weighted by Crippen LogP contribution is -2.60. The van der Waals surface area contributed by atoms with Gasteiger partial charge in [-0.05, 0) is 18.6 Å². The summed E-state index contributed by atoms with van der Waals surface area (Å²) in [5.74, 6) is -14.6. The number of nitrogens with zero attached hydrogens (tertiary/aromatic N) is 4. The van der Waals surface area contributed by atoms with Crippen LogP contribution in [0.25, 0.3) is 22.3 Å². The van der Waals surface area contributed by atoms with Crippen molar-refractivity contribution in [3.8, 4) is 11.3 Å². The Hall–Kier alpha value is -3.44. The van der Waals surface area contributed by atoms with Crippen LogP contribution in [-0.4, -0.2) is 65.0 Å². The van der Waals surface area contributed by atoms with Gasteiger partial charge in [0.1, 0.15) is 5.69 Å². The molecule has 186 valence electrons. The molecule has 1 aliphatic rings. The first-order chi connectivity index (χ1) is 16.4. The molecule has 1 amide bonds. The van der Waals surface area contributed by atoms with Crippen LogP contribution in [0.4, 0.5) is 36.6 Å². The standard InChI is InChI=1S/C23H19F7N4O/c24-21(25,22(26,27)23(28,29)30)20(35)34-12-6-11-33(13-14-34)19-18(15-7-2-1-3-8-15)31-16-9-4-5-10-17(16)32-19/h1-5,7-10H,6,11-14H2. The molecule has 1 aliphatic heterocycles. The number of hydrogen-bond acceptors (Lipinski definition) is 4. The van der Waals surface area contributed by atoms with Crippen LogP contribution >= 0.6 is 0 Å². The summed E-state index contributed by atoms with van der Waals surface area (Å²) < 4.78 is 92.4. The third-order valence-electron chi connectivity index (χ3n) is 5.70. The lowest BCUT2D eigenvalue weighted by atomic mass is 10.1. The first-order valence-electron chi connectivity index (χ1n) is 10.6. The highest BCUT2D eigenvalue weighted by Gasteiger charge is 2.76. The summed E-state index contributed by atoms with van der Waals surface area (Å²) in [5.41, 5.74) is 2.36. The van der Waals surface area contributed by atoms with Crippen molar-refractivity contribution in [1.82, 2.24) is 14.9 Å². The Balaban J connectivity index is 1.64. The summed E-state index contributed by atoms with van der Waals surface area (Å²) in [5, 5.41) is 0. The van der Waals surface area contributed by atoms with Crippen LogP contribution in [0.5, 0.6) is 0 Å². The summed E-state index contributed by atoms with van der Waals surface area (Å²) in [7, 11) is 0. The molecule has 12 heteroatoms. The molecule has 0 bridgehead atoms. The minimum atomic E-state index is -6.57. The second kappa shape index (κ2) is 8.97. The van der Waals surface area contributed by atoms with Gasteiger partial charge in [0.2, 0.25) is 0 Å². The van der Waals surface area contributed by atoms with E-state index < -0.39 is 37.0 Å². The molecule has 0 radical (unpaired) electrons. The fourth-order valence-electron chi connectivity index (χ4n) is 3.84. The number of rotatable bonds is 4. The van der Waals surface area contributed by atoms with Gasteiger partial charge in [0.25, 0.3) is 5.91 Å². The van der Waals surface area contributed by atoms with Crippen molar-refractivity contribution in [1.29, 1.82) is 0 Å². The molecule has 0 N–H and O–H groups in total. The molecular formula is C23H19F7N4O. The Bertz CT molecular complexity index is 1220. The fourth-order valence-corrected chi connectivity index (χ4v) is 3.84. The average Bonchev–Trinajstić information content (AvgIpc) is 3.08. The Morgan fingerprint density at radius 1 is 0.743 bits per heavy atom. The second-order valence-corrected chi connectivity index (χ2v) is 8.03. The van der Waals surface area contributed by atoms with Crippen molar-refractivity contribution in [2.24, 2.45) is 0 Å². The van der Waals surface area contributed by atoms with Crippen molar-refractivity contribution in [2.75, 3.05) is 31.1 Å². The minimum absolute atomic E-state index is 0.0438. The van der Waals surface area contributed by atoms with E-state index in [0.717, 1.165) is 0 Å². The van der Waals surface area contributed by atoms with Gasteiger partial charge in [0.15, 0.2) is 5.82 Å². The van der Waals surface area contributed by atoms with E-state index in [-0.39, 0.29) is 19.5 Å². The van der Waals surface area contributed by atoms with Gasteiger partial charge in [0.05, 0.1) is 11.0 Å². The molecule has 4 rings (SSSR count). The molecule has 0 atom stereocenters. The minimum Gasteiger partial charge on any atom is -0.353 e. The van der Waals surface area contributed by atoms with E-state index in [4.69, 9.17) is 0 Å². The van der Waals surface area contributed by atoms with E-state index >= 15 is 0 Å². The smallest absolute Gasteiger partial charge is 0.353 e. The maximum atomic E-state index is 14.0. The first-order valence-corrected chi connectivity index (χ1v) is 10.6. The normalized spacial score (nSPS) is 15.9. The zero-order valence-electron chi connectivity index (χ0n) is 18.1. The number of hydrogen-bond donors (Lipinski definition) is 0. The quantitative estimate of drug-likeness (QED) is 0.464. The molecule has 0 aliphatic carbocycles. The van der Waals surface area contributed by atoms with Crippen molar-refractivity contribution in [3.63, 3.8) is 0 Å². The molecule has 1 saturated heterocycles. The molecule has 2 heterocycles. The maximum Gasteiger partial charge on any atom is 0.460 e. The van der Waals surface area contributed by atoms with Gasteiger partial charge in [-0.1, -0.05) is 42.5 Å². The van der Waals surface area contributed by atoms with Crippen LogP contribution in [0.2, 0.25) is 0 Å². The number of benzene rings is 2. The molecule has 1 fully saturated rings. The number of amides is 1. The molecule has 35 heavy (non-hydrogen) atoms. The van der Waals surface area contributed by atoms with Crippen molar-refractivity contribution in [3.05, 3.63) is 54.6 Å². The lowest BCUT2D eigenvalue weighted by Gasteiger charge is -2.31. The number of fused-ring (bicyclic) bond motifs is 1. The number of carbonyl (C=O) groups is 1. The summed E-state index contributed by atoms with van der Waals surface area (Å²) in [4.78, 5) is 23.5. The number of halogens is 7. The molecule has 3 aromatic rings. The van der Waals surface area contributed by atoms with E-state index in [9.17, 15) is 35.5 Å². The van der Waals surface area contributed by atoms with Crippen LogP contribution in [-0.2, 0) is 4.79 Å². The predicted molar refractivity (Wildman–Crippen MR) is 114 cm³/mol. The van der Waals surface area contributed by atoms with Crippen molar-refractivity contribution >= 4 is 22.8 Å². The predicted octanol–water partition coefficient (Wildman–Crippen LogP) is 5.17. The van der Waals surface area contributed by atoms with E-state index in [2.05, 4.69) is 9.97 Å². The van der Waals surface area contributed by atoms with Crippen LogP contribution in [0.3, 0.4) is 0 Å². The highest BCUT2D eigenvalue weighted by Crippen LogP contribution is 2.47. The Morgan fingerprint density at radius 3 is 1.97 bits per heavy atom. The van der Waals surface area contributed by atoms with Crippen LogP contribution < -0.4 is 4.90 Å². The highest BCUT2D eigenvalue weighted by molar-refractivity contribution is 5.85. The molecule has 2 aromatic carbocycles. The maximum absolute atomic E-state index is 14.0. The van der Waals surface area contributed by atoms with Gasteiger partial charge in [0, 0.05) is 31.7 Å². The van der Waals surface area contributed by atoms with Gasteiger partial charge in [-0.15, -0.1) is 0 Å². The van der Waals surface area contributed by atoms with E-state index in [1.54, 1.807) is 53.4 Å². The average molecular weight is 500 g/mol. The summed E-state index contributed by atoms with van der Waals surface area (Å²) in [6.07, 6.45) is -6.53. The summed E-state index contributed by atoms with van der Waals surface area (Å²) in [6.45, 7) is -0.838. The third-order valence-corrected chi connectivity index (χ3v) is 5.70. The summed E-state index contributed by atoms with van der Waals surface area (Å²) >= 11 is 0. The van der Waals surface area contributed by atoms with Crippen molar-refractivity contribution in [2.45, 2.75) is 24.4 Å². The van der Waals surface area contributed by atoms with Crippen LogP contribution in [0.15, 0.2) is 54.6 Å².